The maximum atomic E-state index is 14.1. The molecule has 0 fully saturated rings. The van der Waals surface area contributed by atoms with Crippen molar-refractivity contribution in [1.82, 2.24) is 39.1 Å². The minimum Gasteiger partial charge on any atom is -0.394 e. The van der Waals surface area contributed by atoms with Gasteiger partial charge in [0.2, 0.25) is 22.4 Å². The molecule has 0 bridgehead atoms. The summed E-state index contributed by atoms with van der Waals surface area (Å²) in [5.41, 5.74) is -13.4. The highest BCUT2D eigenvalue weighted by molar-refractivity contribution is 5.96. The van der Waals surface area contributed by atoms with Gasteiger partial charge >= 0.3 is 24.7 Å². The van der Waals surface area contributed by atoms with Gasteiger partial charge in [-0.05, 0) is 87.5 Å². The van der Waals surface area contributed by atoms with Gasteiger partial charge in [-0.15, -0.1) is 0 Å². The van der Waals surface area contributed by atoms with Gasteiger partial charge in [-0.2, -0.15) is 73.1 Å². The van der Waals surface area contributed by atoms with E-state index in [-0.39, 0.29) is 96.7 Å². The Bertz CT molecular complexity index is 5640. The maximum absolute atomic E-state index is 14.1. The molecule has 4 aromatic heterocycles. The normalized spacial score (nSPS) is 18.3. The average Bonchev–Trinajstić information content (AvgIpc) is 1.57. The average molecular weight is 1690 g/mol. The van der Waals surface area contributed by atoms with Crippen LogP contribution in [0.1, 0.15) is 62.6 Å². The van der Waals surface area contributed by atoms with Crippen LogP contribution in [-0.4, -0.2) is 213 Å². The van der Waals surface area contributed by atoms with E-state index in [9.17, 15) is 129 Å². The molecule has 15 N–H and O–H groups in total. The predicted octanol–water partition coefficient (Wildman–Crippen LogP) is 9.65. The Hall–Kier alpha value is -10.8. The summed E-state index contributed by atoms with van der Waals surface area (Å²) in [5.74, 6) is 0. The van der Waals surface area contributed by atoms with Gasteiger partial charge in [0.15, 0.2) is 0 Å². The molecular formula is C86H80F12N8O15. The Labute approximate surface area is 680 Å². The second kappa shape index (κ2) is 31.9. The zero-order valence-corrected chi connectivity index (χ0v) is 64.2. The summed E-state index contributed by atoms with van der Waals surface area (Å²) < 4.78 is 174. The van der Waals surface area contributed by atoms with E-state index >= 15 is 0 Å². The second-order valence-corrected chi connectivity index (χ2v) is 30.5. The summed E-state index contributed by atoms with van der Waals surface area (Å²) in [5, 5.41) is 166. The molecule has 4 heterocycles. The number of aryl methyl sites for hydroxylation is 2. The van der Waals surface area contributed by atoms with E-state index in [0.717, 1.165) is 0 Å². The van der Waals surface area contributed by atoms with Crippen molar-refractivity contribution in [2.45, 2.75) is 90.0 Å². The zero-order chi connectivity index (χ0) is 88.0. The lowest BCUT2D eigenvalue weighted by molar-refractivity contribution is -0.247. The second-order valence-electron chi connectivity index (χ2n) is 30.5. The van der Waals surface area contributed by atoms with Crippen molar-refractivity contribution < 1.29 is 129 Å². The van der Waals surface area contributed by atoms with Gasteiger partial charge in [-0.1, -0.05) is 169 Å². The fraction of sp³-hybridized carbons (Fsp3) is 0.302. The summed E-state index contributed by atoms with van der Waals surface area (Å²) in [7, 11) is 0. The molecule has 12 aromatic rings. The fourth-order valence-corrected chi connectivity index (χ4v) is 16.0. The van der Waals surface area contributed by atoms with Crippen molar-refractivity contribution in [3.8, 4) is 89.0 Å². The molecule has 4 atom stereocenters. The predicted molar refractivity (Wildman–Crippen MR) is 414 cm³/mol. The lowest BCUT2D eigenvalue weighted by Crippen LogP contribution is -2.45. The van der Waals surface area contributed by atoms with Crippen molar-refractivity contribution in [2.75, 3.05) is 72.7 Å². The highest BCUT2D eigenvalue weighted by Gasteiger charge is 2.65. The molecule has 121 heavy (non-hydrogen) atoms. The highest BCUT2D eigenvalue weighted by atomic mass is 19.4. The van der Waals surface area contributed by atoms with Crippen LogP contribution < -0.4 is 0 Å². The van der Waals surface area contributed by atoms with Crippen LogP contribution in [-0.2, 0) is 44.6 Å². The molecule has 16 rings (SSSR count). The van der Waals surface area contributed by atoms with Crippen LogP contribution in [0.2, 0.25) is 0 Å². The van der Waals surface area contributed by atoms with Gasteiger partial charge < -0.3 is 76.6 Å². The summed E-state index contributed by atoms with van der Waals surface area (Å²) in [4.78, 5) is 0. The van der Waals surface area contributed by atoms with Crippen LogP contribution in [0.3, 0.4) is 0 Å². The molecule has 35 heteroatoms. The van der Waals surface area contributed by atoms with E-state index in [1.807, 2.05) is 0 Å². The number of rotatable bonds is 19. The summed E-state index contributed by atoms with van der Waals surface area (Å²) in [6, 6.07) is 38.1. The number of aliphatic hydroxyl groups is 15. The maximum Gasteiger partial charge on any atom is 0.425 e. The van der Waals surface area contributed by atoms with Gasteiger partial charge in [0.05, 0.1) is 97.5 Å². The number of aromatic nitrogens is 8. The molecule has 0 saturated carbocycles. The molecule has 0 spiro atoms. The smallest absolute Gasteiger partial charge is 0.394 e. The Morgan fingerprint density at radius 1 is 0.264 bits per heavy atom. The monoisotopic (exact) mass is 1690 g/mol. The fourth-order valence-electron chi connectivity index (χ4n) is 16.0. The summed E-state index contributed by atoms with van der Waals surface area (Å²) in [6.07, 6.45) is -8.20. The third-order valence-corrected chi connectivity index (χ3v) is 23.2. The first-order chi connectivity index (χ1) is 57.1. The van der Waals surface area contributed by atoms with Crippen LogP contribution in [0.4, 0.5) is 52.7 Å². The minimum absolute atomic E-state index is 0.210. The van der Waals surface area contributed by atoms with Crippen molar-refractivity contribution in [1.29, 1.82) is 0 Å². The summed E-state index contributed by atoms with van der Waals surface area (Å²) >= 11 is 0. The molecule has 0 saturated heterocycles. The molecule has 638 valence electrons. The number of aliphatic hydroxyl groups excluding tert-OH is 11. The van der Waals surface area contributed by atoms with Crippen molar-refractivity contribution in [3.63, 3.8) is 0 Å². The number of fused-ring (bicyclic) bond motifs is 12. The van der Waals surface area contributed by atoms with E-state index in [2.05, 4.69) is 20.4 Å². The van der Waals surface area contributed by atoms with Gasteiger partial charge in [-0.25, -0.2) is 0 Å². The van der Waals surface area contributed by atoms with E-state index in [4.69, 9.17) is 0 Å². The number of benzene rings is 8. The topological polar surface area (TPSA) is 375 Å². The molecule has 0 aliphatic heterocycles. The number of alkyl halides is 12. The van der Waals surface area contributed by atoms with E-state index in [0.29, 0.717) is 61.2 Å². The first kappa shape index (κ1) is 88.0. The first-order valence-electron chi connectivity index (χ1n) is 37.2. The third kappa shape index (κ3) is 13.7. The van der Waals surface area contributed by atoms with Crippen molar-refractivity contribution in [2.24, 2.45) is 0 Å². The highest BCUT2D eigenvalue weighted by Crippen LogP contribution is 2.62. The minimum atomic E-state index is -4.94. The van der Waals surface area contributed by atoms with E-state index < -0.39 is 129 Å². The van der Waals surface area contributed by atoms with Gasteiger partial charge in [0.25, 0.3) is 0 Å². The van der Waals surface area contributed by atoms with Gasteiger partial charge in [0.1, 0.15) is 22.2 Å². The Kier molecular flexibility index (Phi) is 23.2. The Morgan fingerprint density at radius 2 is 0.479 bits per heavy atom. The number of halogens is 12. The molecule has 4 aliphatic carbocycles. The molecule has 0 unspecified atom stereocenters. The number of hydrogen-bond acceptors (Lipinski definition) is 19. The lowest BCUT2D eigenvalue weighted by atomic mass is 9.88. The summed E-state index contributed by atoms with van der Waals surface area (Å²) in [6.45, 7) is -1.20. The molecule has 8 aromatic carbocycles. The standard InChI is InChI=1S/2C22H21F3N2O4.C21H19F3N2O4.C21H19F3N2O3/c2*1-13-6-16(14-8-26-27(9-14)20(10-28,11-29)12-30)19-15-4-2-3-5-17(15)21(31,18(19)7-13)22(23,24)25;22-21(23,24)20(30)16-6-2-1-4-15(16)18-14(5-3-7-17(18)20)13-8-25-26(9-13)19(10-27,11-28)12-29;1-19(11-27,12-28)26-10-13(9-25-26)14-6-4-8-17-18(14)15-5-2-3-7-16(15)20(17,29)21(22,23)24/h2*2-9,28-31H,10-12H2,1H3;1-9,27-30H,10-12H2;2-10,27-29H,11-12H2,1H3/t2*21-;2*20-/m1111/s1. The van der Waals surface area contributed by atoms with Gasteiger partial charge in [0, 0.05) is 91.5 Å². The van der Waals surface area contributed by atoms with E-state index in [1.54, 1.807) is 81.6 Å². The zero-order valence-electron chi connectivity index (χ0n) is 64.2. The quantitative estimate of drug-likeness (QED) is 0.0335. The molecule has 23 nitrogen and oxygen atoms in total. The Balaban J connectivity index is 0.000000139. The van der Waals surface area contributed by atoms with Crippen LogP contribution >= 0.6 is 0 Å². The third-order valence-electron chi connectivity index (χ3n) is 23.2. The molecule has 4 aliphatic rings. The van der Waals surface area contributed by atoms with Gasteiger partial charge in [-0.3, -0.25) is 18.7 Å². The van der Waals surface area contributed by atoms with Crippen LogP contribution in [0.25, 0.3) is 89.0 Å². The molecular weight excluding hydrogens is 1610 g/mol. The Morgan fingerprint density at radius 3 is 0.736 bits per heavy atom. The number of hydrogen-bond donors (Lipinski definition) is 15. The first-order valence-corrected chi connectivity index (χ1v) is 37.2. The SMILES string of the molecule is CC(CO)(CO)n1cc(-c2cccc3c2-c2ccccc2[C@]3(O)C(F)(F)F)cn1.Cc1cc(-c2cnn(C(CO)(CO)CO)c2)c2c(c1)[C@@](O)(C(F)(F)F)c1ccccc1-2.Cc1cc(-c2cnn(C(CO)(CO)CO)c2)c2c(c1)[C@@](O)(C(F)(F)F)c1ccccc1-2.OCC(CO)(CO)n1cc(-c2cccc3c2-c2ccccc2[C@]3(O)C(F)(F)F)cn1. The largest absolute Gasteiger partial charge is 0.425 e. The molecule has 0 radical (unpaired) electrons. The lowest BCUT2D eigenvalue weighted by Gasteiger charge is -2.28. The van der Waals surface area contributed by atoms with Crippen LogP contribution in [0, 0.1) is 13.8 Å². The van der Waals surface area contributed by atoms with Crippen molar-refractivity contribution >= 4 is 0 Å². The van der Waals surface area contributed by atoms with Crippen LogP contribution in [0.15, 0.2) is 207 Å². The number of nitrogens with zero attached hydrogens (tertiary/aromatic N) is 8. The van der Waals surface area contributed by atoms with Crippen molar-refractivity contribution in [3.05, 3.63) is 263 Å². The van der Waals surface area contributed by atoms with Crippen LogP contribution in [0.5, 0.6) is 0 Å². The molecule has 0 amide bonds. The van der Waals surface area contributed by atoms with E-state index in [1.165, 1.54) is 165 Å².